The number of nitrogens with zero attached hydrogens (tertiary/aromatic N) is 1. The molecule has 214 valence electrons. The molecule has 5 rings (SSSR count). The van der Waals surface area contributed by atoms with E-state index in [0.29, 0.717) is 18.1 Å². The van der Waals surface area contributed by atoms with Crippen molar-refractivity contribution >= 4 is 28.5 Å². The van der Waals surface area contributed by atoms with Gasteiger partial charge in [-0.3, -0.25) is 9.59 Å². The van der Waals surface area contributed by atoms with Crippen LogP contribution in [0.3, 0.4) is 0 Å². The highest BCUT2D eigenvalue weighted by Crippen LogP contribution is 2.41. The third kappa shape index (κ3) is 6.91. The first kappa shape index (κ1) is 28.3. The first-order chi connectivity index (χ1) is 19.9. The van der Waals surface area contributed by atoms with Gasteiger partial charge in [-0.1, -0.05) is 49.6 Å². The van der Waals surface area contributed by atoms with Crippen LogP contribution in [-0.4, -0.2) is 35.5 Å². The van der Waals surface area contributed by atoms with E-state index in [9.17, 15) is 9.59 Å². The molecule has 7 heteroatoms. The summed E-state index contributed by atoms with van der Waals surface area (Å²) in [5.41, 5.74) is 4.52. The number of anilines is 1. The van der Waals surface area contributed by atoms with Crippen LogP contribution in [0.1, 0.15) is 71.8 Å². The average molecular weight is 555 g/mol. The number of carboxylic acids is 1. The highest BCUT2D eigenvalue weighted by Gasteiger charge is 2.30. The van der Waals surface area contributed by atoms with E-state index < -0.39 is 5.97 Å². The fraction of sp³-hybridized carbons (Fsp3) is 0.353. The molecule has 1 aliphatic carbocycles. The molecular formula is C34H38N2O5. The van der Waals surface area contributed by atoms with Crippen molar-refractivity contribution in [3.8, 4) is 5.75 Å². The molecule has 1 aliphatic rings. The molecule has 3 aromatic carbocycles. The predicted molar refractivity (Wildman–Crippen MR) is 160 cm³/mol. The second-order valence-electron chi connectivity index (χ2n) is 11.0. The van der Waals surface area contributed by atoms with Crippen LogP contribution < -0.4 is 10.1 Å². The van der Waals surface area contributed by atoms with Crippen molar-refractivity contribution in [3.05, 3.63) is 95.2 Å². The molecule has 1 unspecified atom stereocenters. The van der Waals surface area contributed by atoms with E-state index in [4.69, 9.17) is 14.3 Å². The quantitative estimate of drug-likeness (QED) is 0.198. The van der Waals surface area contributed by atoms with Crippen molar-refractivity contribution in [1.29, 1.82) is 0 Å². The molecule has 0 saturated heterocycles. The average Bonchev–Trinajstić information content (AvgIpc) is 3.33. The van der Waals surface area contributed by atoms with Gasteiger partial charge in [-0.25, -0.2) is 0 Å². The predicted octanol–water partition coefficient (Wildman–Crippen LogP) is 7.60. The third-order valence-electron chi connectivity index (χ3n) is 8.06. The SMILES string of the molecule is Cc1c(C(Nc2ccc(C(=O)N(C)CCC(=O)O)cc2)C2CCCCC2)oc2ccc(OCc3ccccc3)cc12. The van der Waals surface area contributed by atoms with E-state index in [1.165, 1.54) is 24.2 Å². The maximum absolute atomic E-state index is 12.7. The van der Waals surface area contributed by atoms with Gasteiger partial charge in [-0.15, -0.1) is 0 Å². The van der Waals surface area contributed by atoms with E-state index in [-0.39, 0.29) is 24.9 Å². The minimum atomic E-state index is -0.922. The Balaban J connectivity index is 1.36. The van der Waals surface area contributed by atoms with Gasteiger partial charge in [0.2, 0.25) is 0 Å². The Morgan fingerprint density at radius 1 is 1.02 bits per heavy atom. The zero-order chi connectivity index (χ0) is 28.8. The van der Waals surface area contributed by atoms with Gasteiger partial charge in [-0.05, 0) is 73.7 Å². The lowest BCUT2D eigenvalue weighted by molar-refractivity contribution is -0.137. The molecule has 0 aliphatic heterocycles. The number of ether oxygens (including phenoxy) is 1. The number of furan rings is 1. The topological polar surface area (TPSA) is 92.0 Å². The number of nitrogens with one attached hydrogen (secondary N) is 1. The molecule has 7 nitrogen and oxygen atoms in total. The molecule has 0 bridgehead atoms. The van der Waals surface area contributed by atoms with E-state index >= 15 is 0 Å². The van der Waals surface area contributed by atoms with E-state index in [2.05, 4.69) is 30.4 Å². The Bertz CT molecular complexity index is 1470. The van der Waals surface area contributed by atoms with Gasteiger partial charge in [0.1, 0.15) is 23.7 Å². The van der Waals surface area contributed by atoms with Gasteiger partial charge in [0, 0.05) is 35.8 Å². The monoisotopic (exact) mass is 554 g/mol. The number of fused-ring (bicyclic) bond motifs is 1. The number of aliphatic carboxylic acids is 1. The summed E-state index contributed by atoms with van der Waals surface area (Å²) in [5.74, 6) is 1.07. The molecule has 1 aromatic heterocycles. The van der Waals surface area contributed by atoms with E-state index in [0.717, 1.165) is 52.1 Å². The lowest BCUT2D eigenvalue weighted by atomic mass is 9.82. The smallest absolute Gasteiger partial charge is 0.305 e. The number of hydrogen-bond donors (Lipinski definition) is 2. The number of carbonyl (C=O) groups is 2. The molecule has 1 heterocycles. The van der Waals surface area contributed by atoms with E-state index in [1.807, 2.05) is 42.5 Å². The van der Waals surface area contributed by atoms with Crippen molar-refractivity contribution in [2.24, 2.45) is 5.92 Å². The second-order valence-corrected chi connectivity index (χ2v) is 11.0. The minimum Gasteiger partial charge on any atom is -0.489 e. The number of rotatable bonds is 11. The fourth-order valence-electron chi connectivity index (χ4n) is 5.69. The maximum atomic E-state index is 12.7. The van der Waals surface area contributed by atoms with Crippen LogP contribution in [-0.2, 0) is 11.4 Å². The van der Waals surface area contributed by atoms with Crippen LogP contribution in [0.25, 0.3) is 11.0 Å². The van der Waals surface area contributed by atoms with Gasteiger partial charge < -0.3 is 24.5 Å². The van der Waals surface area contributed by atoms with Crippen molar-refractivity contribution in [2.75, 3.05) is 18.9 Å². The van der Waals surface area contributed by atoms with Crippen molar-refractivity contribution in [2.45, 2.75) is 58.1 Å². The van der Waals surface area contributed by atoms with Gasteiger partial charge in [0.05, 0.1) is 12.5 Å². The van der Waals surface area contributed by atoms with Gasteiger partial charge >= 0.3 is 5.97 Å². The van der Waals surface area contributed by atoms with Crippen molar-refractivity contribution in [3.63, 3.8) is 0 Å². The Hall–Kier alpha value is -4.26. The Labute approximate surface area is 241 Å². The van der Waals surface area contributed by atoms with Crippen LogP contribution in [0.15, 0.2) is 77.2 Å². The lowest BCUT2D eigenvalue weighted by Crippen LogP contribution is -2.29. The highest BCUT2D eigenvalue weighted by molar-refractivity contribution is 5.94. The van der Waals surface area contributed by atoms with Crippen LogP contribution in [0, 0.1) is 12.8 Å². The van der Waals surface area contributed by atoms with Crippen LogP contribution in [0.5, 0.6) is 5.75 Å². The molecule has 4 aromatic rings. The summed E-state index contributed by atoms with van der Waals surface area (Å²) >= 11 is 0. The highest BCUT2D eigenvalue weighted by atomic mass is 16.5. The second kappa shape index (κ2) is 12.9. The summed E-state index contributed by atoms with van der Waals surface area (Å²) in [5, 5.41) is 13.7. The van der Waals surface area contributed by atoms with Crippen LogP contribution in [0.2, 0.25) is 0 Å². The number of aryl methyl sites for hydroxylation is 1. The number of hydrogen-bond acceptors (Lipinski definition) is 5. The van der Waals surface area contributed by atoms with Crippen molar-refractivity contribution < 1.29 is 23.8 Å². The molecule has 1 atom stereocenters. The number of amides is 1. The Morgan fingerprint density at radius 3 is 2.46 bits per heavy atom. The molecule has 1 saturated carbocycles. The summed E-state index contributed by atoms with van der Waals surface area (Å²) in [6.07, 6.45) is 5.85. The van der Waals surface area contributed by atoms with Crippen LogP contribution >= 0.6 is 0 Å². The summed E-state index contributed by atoms with van der Waals surface area (Å²) in [6, 6.07) is 23.6. The lowest BCUT2D eigenvalue weighted by Gasteiger charge is -2.31. The standard InChI is InChI=1S/C34H38N2O5/c1-23-29-21-28(40-22-24-9-5-3-6-10-24)17-18-30(29)41-33(23)32(25-11-7-4-8-12-25)35-27-15-13-26(14-16-27)34(39)36(2)20-19-31(37)38/h3,5-6,9-10,13-18,21,25,32,35H,4,7-8,11-12,19-20,22H2,1-2H3,(H,37,38). The van der Waals surface area contributed by atoms with Gasteiger partial charge in [0.25, 0.3) is 5.91 Å². The summed E-state index contributed by atoms with van der Waals surface area (Å²) in [4.78, 5) is 25.1. The summed E-state index contributed by atoms with van der Waals surface area (Å²) in [7, 11) is 1.62. The van der Waals surface area contributed by atoms with E-state index in [1.54, 1.807) is 19.2 Å². The largest absolute Gasteiger partial charge is 0.489 e. The van der Waals surface area contributed by atoms with Crippen LogP contribution in [0.4, 0.5) is 5.69 Å². The number of benzene rings is 3. The molecule has 1 amide bonds. The molecule has 2 N–H and O–H groups in total. The molecule has 41 heavy (non-hydrogen) atoms. The zero-order valence-corrected chi connectivity index (χ0v) is 23.8. The first-order valence-electron chi connectivity index (χ1n) is 14.4. The number of carbonyl (C=O) groups excluding carboxylic acids is 1. The third-order valence-corrected chi connectivity index (χ3v) is 8.06. The normalized spacial score (nSPS) is 14.5. The molecular weight excluding hydrogens is 516 g/mol. The minimum absolute atomic E-state index is 0.00354. The fourth-order valence-corrected chi connectivity index (χ4v) is 5.69. The number of carboxylic acid groups (broad SMARTS) is 1. The van der Waals surface area contributed by atoms with Crippen molar-refractivity contribution in [1.82, 2.24) is 4.90 Å². The molecule has 1 fully saturated rings. The molecule has 0 spiro atoms. The Morgan fingerprint density at radius 2 is 1.76 bits per heavy atom. The summed E-state index contributed by atoms with van der Waals surface area (Å²) in [6.45, 7) is 2.80. The summed E-state index contributed by atoms with van der Waals surface area (Å²) < 4.78 is 12.6. The first-order valence-corrected chi connectivity index (χ1v) is 14.4. The van der Waals surface area contributed by atoms with Gasteiger partial charge in [-0.2, -0.15) is 0 Å². The van der Waals surface area contributed by atoms with Gasteiger partial charge in [0.15, 0.2) is 0 Å². The zero-order valence-electron chi connectivity index (χ0n) is 23.8. The Kier molecular flexibility index (Phi) is 8.92. The maximum Gasteiger partial charge on any atom is 0.305 e. The molecule has 0 radical (unpaired) electrons.